The monoisotopic (exact) mass is 349 g/mol. The summed E-state index contributed by atoms with van der Waals surface area (Å²) in [5, 5.41) is 9.30. The summed E-state index contributed by atoms with van der Waals surface area (Å²) in [5.74, 6) is -0.962. The van der Waals surface area contributed by atoms with E-state index in [1.165, 1.54) is 6.20 Å². The van der Waals surface area contributed by atoms with Gasteiger partial charge in [-0.2, -0.15) is 5.26 Å². The second-order valence-corrected chi connectivity index (χ2v) is 6.03. The van der Waals surface area contributed by atoms with Crippen molar-refractivity contribution in [3.05, 3.63) is 59.4 Å². The van der Waals surface area contributed by atoms with E-state index in [-0.39, 0.29) is 17.2 Å². The SMILES string of the molecule is N#Cc1ccccc1N1CCCN(C(=O)c2cccnc2C(N)=O)CC1. The number of nitriles is 1. The lowest BCUT2D eigenvalue weighted by Gasteiger charge is -2.24. The Morgan fingerprint density at radius 2 is 1.88 bits per heavy atom. The molecule has 132 valence electrons. The molecule has 1 saturated heterocycles. The molecule has 7 nitrogen and oxygen atoms in total. The molecule has 1 aromatic carbocycles. The van der Waals surface area contributed by atoms with Crippen molar-refractivity contribution in [3.8, 4) is 6.07 Å². The molecule has 1 aliphatic heterocycles. The Hall–Kier alpha value is -3.40. The summed E-state index contributed by atoms with van der Waals surface area (Å²) in [7, 11) is 0. The van der Waals surface area contributed by atoms with Crippen molar-refractivity contribution in [3.63, 3.8) is 0 Å². The standard InChI is InChI=1S/C19H19N5O2/c20-13-14-5-1-2-7-16(14)23-9-4-10-24(12-11-23)19(26)15-6-3-8-22-17(15)18(21)25/h1-3,5-8H,4,9-12H2,(H2,21,25). The van der Waals surface area contributed by atoms with Crippen molar-refractivity contribution in [1.82, 2.24) is 9.88 Å². The van der Waals surface area contributed by atoms with E-state index in [9.17, 15) is 14.9 Å². The van der Waals surface area contributed by atoms with E-state index in [1.54, 1.807) is 23.1 Å². The Bertz CT molecular complexity index is 874. The largest absolute Gasteiger partial charge is 0.369 e. The van der Waals surface area contributed by atoms with Gasteiger partial charge in [0.1, 0.15) is 11.8 Å². The fourth-order valence-corrected chi connectivity index (χ4v) is 3.15. The van der Waals surface area contributed by atoms with E-state index in [4.69, 9.17) is 5.73 Å². The highest BCUT2D eigenvalue weighted by molar-refractivity contribution is 6.05. The number of aromatic nitrogens is 1. The number of primary amides is 1. The summed E-state index contributed by atoms with van der Waals surface area (Å²) in [4.78, 5) is 32.1. The molecule has 2 N–H and O–H groups in total. The first-order valence-electron chi connectivity index (χ1n) is 8.40. The van der Waals surface area contributed by atoms with E-state index in [1.807, 2.05) is 18.2 Å². The molecule has 0 saturated carbocycles. The Labute approximate surface area is 151 Å². The molecular formula is C19H19N5O2. The number of benzene rings is 1. The maximum atomic E-state index is 12.9. The summed E-state index contributed by atoms with van der Waals surface area (Å²) in [5.41, 5.74) is 7.05. The highest BCUT2D eigenvalue weighted by Gasteiger charge is 2.24. The number of nitrogens with two attached hydrogens (primary N) is 1. The third-order valence-electron chi connectivity index (χ3n) is 4.42. The van der Waals surface area contributed by atoms with Crippen LogP contribution in [-0.2, 0) is 0 Å². The zero-order valence-corrected chi connectivity index (χ0v) is 14.3. The zero-order valence-electron chi connectivity index (χ0n) is 14.3. The van der Waals surface area contributed by atoms with Crippen LogP contribution in [0.3, 0.4) is 0 Å². The van der Waals surface area contributed by atoms with Gasteiger partial charge in [0.25, 0.3) is 11.8 Å². The van der Waals surface area contributed by atoms with Crippen LogP contribution in [0.15, 0.2) is 42.6 Å². The Kier molecular flexibility index (Phi) is 5.13. The van der Waals surface area contributed by atoms with Gasteiger partial charge in [-0.15, -0.1) is 0 Å². The second-order valence-electron chi connectivity index (χ2n) is 6.03. The Morgan fingerprint density at radius 3 is 2.65 bits per heavy atom. The molecular weight excluding hydrogens is 330 g/mol. The van der Waals surface area contributed by atoms with Gasteiger partial charge in [0.15, 0.2) is 0 Å². The van der Waals surface area contributed by atoms with Gasteiger partial charge in [-0.25, -0.2) is 0 Å². The van der Waals surface area contributed by atoms with Gasteiger partial charge in [-0.1, -0.05) is 12.1 Å². The van der Waals surface area contributed by atoms with Gasteiger partial charge in [0.2, 0.25) is 0 Å². The molecule has 0 unspecified atom stereocenters. The predicted molar refractivity (Wildman–Crippen MR) is 96.6 cm³/mol. The summed E-state index contributed by atoms with van der Waals surface area (Å²) >= 11 is 0. The first-order chi connectivity index (χ1) is 12.6. The van der Waals surface area contributed by atoms with Crippen LogP contribution in [0.25, 0.3) is 0 Å². The predicted octanol–water partition coefficient (Wildman–Crippen LogP) is 1.40. The summed E-state index contributed by atoms with van der Waals surface area (Å²) in [6.07, 6.45) is 2.21. The molecule has 0 aliphatic carbocycles. The minimum Gasteiger partial charge on any atom is -0.369 e. The summed E-state index contributed by atoms with van der Waals surface area (Å²) in [6, 6.07) is 12.8. The Morgan fingerprint density at radius 1 is 1.08 bits per heavy atom. The number of rotatable bonds is 3. The molecule has 0 atom stereocenters. The molecule has 26 heavy (non-hydrogen) atoms. The quantitative estimate of drug-likeness (QED) is 0.902. The van der Waals surface area contributed by atoms with E-state index >= 15 is 0 Å². The van der Waals surface area contributed by atoms with Crippen LogP contribution in [0, 0.1) is 11.3 Å². The first-order valence-corrected chi connectivity index (χ1v) is 8.40. The first kappa shape index (κ1) is 17.4. The van der Waals surface area contributed by atoms with Crippen molar-refractivity contribution >= 4 is 17.5 Å². The van der Waals surface area contributed by atoms with E-state index < -0.39 is 5.91 Å². The average Bonchev–Trinajstić information content (AvgIpc) is 2.93. The molecule has 2 amide bonds. The molecule has 1 aromatic heterocycles. The van der Waals surface area contributed by atoms with Crippen molar-refractivity contribution in [2.24, 2.45) is 5.73 Å². The van der Waals surface area contributed by atoms with Gasteiger partial charge < -0.3 is 15.5 Å². The fraction of sp³-hybridized carbons (Fsp3) is 0.263. The molecule has 7 heteroatoms. The van der Waals surface area contributed by atoms with Gasteiger partial charge in [-0.3, -0.25) is 14.6 Å². The number of hydrogen-bond acceptors (Lipinski definition) is 5. The van der Waals surface area contributed by atoms with Gasteiger partial charge in [0, 0.05) is 32.4 Å². The number of carbonyl (C=O) groups is 2. The number of pyridine rings is 1. The van der Waals surface area contributed by atoms with Gasteiger partial charge >= 0.3 is 0 Å². The van der Waals surface area contributed by atoms with E-state index in [0.717, 1.165) is 18.7 Å². The third kappa shape index (κ3) is 3.49. The normalized spacial score (nSPS) is 14.4. The molecule has 1 aliphatic rings. The topological polar surface area (TPSA) is 103 Å². The lowest BCUT2D eigenvalue weighted by atomic mass is 10.1. The van der Waals surface area contributed by atoms with Crippen molar-refractivity contribution in [1.29, 1.82) is 5.26 Å². The number of amides is 2. The lowest BCUT2D eigenvalue weighted by Crippen LogP contribution is -2.36. The fourth-order valence-electron chi connectivity index (χ4n) is 3.15. The van der Waals surface area contributed by atoms with Crippen LogP contribution < -0.4 is 10.6 Å². The Balaban J connectivity index is 1.78. The molecule has 2 heterocycles. The number of hydrogen-bond donors (Lipinski definition) is 1. The molecule has 2 aromatic rings. The van der Waals surface area contributed by atoms with Gasteiger partial charge in [-0.05, 0) is 30.7 Å². The second kappa shape index (κ2) is 7.66. The van der Waals surface area contributed by atoms with Crippen molar-refractivity contribution in [2.45, 2.75) is 6.42 Å². The maximum Gasteiger partial charge on any atom is 0.268 e. The number of para-hydroxylation sites is 1. The van der Waals surface area contributed by atoms with Crippen LogP contribution in [0.5, 0.6) is 0 Å². The van der Waals surface area contributed by atoms with Crippen LogP contribution in [0.1, 0.15) is 32.8 Å². The summed E-state index contributed by atoms with van der Waals surface area (Å²) < 4.78 is 0. The zero-order chi connectivity index (χ0) is 18.5. The smallest absolute Gasteiger partial charge is 0.268 e. The van der Waals surface area contributed by atoms with E-state index in [2.05, 4.69) is 16.0 Å². The highest BCUT2D eigenvalue weighted by atomic mass is 16.2. The molecule has 0 radical (unpaired) electrons. The number of nitrogens with zero attached hydrogens (tertiary/aromatic N) is 4. The van der Waals surface area contributed by atoms with Crippen LogP contribution in [0.4, 0.5) is 5.69 Å². The minimum absolute atomic E-state index is 0.00608. The summed E-state index contributed by atoms with van der Waals surface area (Å²) in [6.45, 7) is 2.41. The van der Waals surface area contributed by atoms with Crippen molar-refractivity contribution in [2.75, 3.05) is 31.1 Å². The third-order valence-corrected chi connectivity index (χ3v) is 4.42. The van der Waals surface area contributed by atoms with Crippen molar-refractivity contribution < 1.29 is 9.59 Å². The molecule has 1 fully saturated rings. The van der Waals surface area contributed by atoms with Crippen LogP contribution >= 0.6 is 0 Å². The van der Waals surface area contributed by atoms with Gasteiger partial charge in [0.05, 0.1) is 16.8 Å². The average molecular weight is 349 g/mol. The lowest BCUT2D eigenvalue weighted by molar-refractivity contribution is 0.0760. The van der Waals surface area contributed by atoms with Crippen LogP contribution in [0.2, 0.25) is 0 Å². The van der Waals surface area contributed by atoms with Crippen LogP contribution in [-0.4, -0.2) is 47.9 Å². The number of anilines is 1. The highest BCUT2D eigenvalue weighted by Crippen LogP contribution is 2.21. The van der Waals surface area contributed by atoms with E-state index in [0.29, 0.717) is 25.2 Å². The molecule has 0 spiro atoms. The molecule has 0 bridgehead atoms. The minimum atomic E-state index is -0.714. The maximum absolute atomic E-state index is 12.9. The number of carbonyl (C=O) groups excluding carboxylic acids is 2. The molecule has 3 rings (SSSR count).